The molecular weight excluding hydrogens is 382 g/mol. The van der Waals surface area contributed by atoms with Crippen molar-refractivity contribution in [2.75, 3.05) is 12.4 Å². The number of carbonyl (C=O) groups excluding carboxylic acids is 1. The average Bonchev–Trinajstić information content (AvgIpc) is 3.55. The van der Waals surface area contributed by atoms with Crippen LogP contribution >= 0.6 is 0 Å². The number of amides is 1. The molecule has 0 bridgehead atoms. The molecule has 4 rings (SSSR count). The molecule has 0 aromatic heterocycles. The van der Waals surface area contributed by atoms with Crippen LogP contribution in [-0.4, -0.2) is 17.2 Å². The normalized spacial score (nSPS) is 18.7. The zero-order chi connectivity index (χ0) is 20.4. The number of aryl methyl sites for hydroxylation is 1. The lowest BCUT2D eigenvalue weighted by Gasteiger charge is -2.11. The molecule has 1 fully saturated rings. The Labute approximate surface area is 173 Å². The molecule has 148 valence electrons. The molecule has 1 aliphatic rings. The van der Waals surface area contributed by atoms with Gasteiger partial charge in [-0.15, -0.1) is 0 Å². The Bertz CT molecular complexity index is 1040. The largest absolute Gasteiger partial charge is 0.497 e. The summed E-state index contributed by atoms with van der Waals surface area (Å²) in [5.41, 5.74) is 2.87. The van der Waals surface area contributed by atoms with Crippen LogP contribution in [0.3, 0.4) is 0 Å². The fourth-order valence-electron chi connectivity index (χ4n) is 3.45. The van der Waals surface area contributed by atoms with Crippen LogP contribution in [-0.2, 0) is 15.6 Å². The van der Waals surface area contributed by atoms with Gasteiger partial charge in [0.25, 0.3) is 0 Å². The van der Waals surface area contributed by atoms with Crippen LogP contribution in [0.1, 0.15) is 23.5 Å². The first-order chi connectivity index (χ1) is 14.1. The van der Waals surface area contributed by atoms with E-state index < -0.39 is 10.8 Å². The quantitative estimate of drug-likeness (QED) is 0.634. The van der Waals surface area contributed by atoms with Gasteiger partial charge in [0.2, 0.25) is 5.91 Å². The van der Waals surface area contributed by atoms with Crippen molar-refractivity contribution in [1.29, 1.82) is 0 Å². The van der Waals surface area contributed by atoms with Crippen LogP contribution in [0.15, 0.2) is 82.6 Å². The third kappa shape index (κ3) is 4.25. The monoisotopic (exact) mass is 405 g/mol. The van der Waals surface area contributed by atoms with Crippen molar-refractivity contribution >= 4 is 22.4 Å². The van der Waals surface area contributed by atoms with Gasteiger partial charge in [0, 0.05) is 10.8 Å². The molecule has 1 aliphatic carbocycles. The molecule has 29 heavy (non-hydrogen) atoms. The predicted molar refractivity (Wildman–Crippen MR) is 115 cm³/mol. The van der Waals surface area contributed by atoms with Gasteiger partial charge in [-0.2, -0.15) is 0 Å². The maximum Gasteiger partial charge on any atom is 0.228 e. The van der Waals surface area contributed by atoms with E-state index in [1.54, 1.807) is 13.2 Å². The first kappa shape index (κ1) is 19.4. The van der Waals surface area contributed by atoms with Gasteiger partial charge in [0.15, 0.2) is 0 Å². The minimum Gasteiger partial charge on any atom is -0.497 e. The van der Waals surface area contributed by atoms with Gasteiger partial charge >= 0.3 is 0 Å². The highest BCUT2D eigenvalue weighted by Gasteiger charge is 2.44. The topological polar surface area (TPSA) is 55.4 Å². The van der Waals surface area contributed by atoms with Crippen molar-refractivity contribution in [2.24, 2.45) is 5.92 Å². The third-order valence-corrected chi connectivity index (χ3v) is 6.71. The maximum atomic E-state index is 13.0. The molecule has 3 aromatic rings. The van der Waals surface area contributed by atoms with Crippen LogP contribution < -0.4 is 10.1 Å². The van der Waals surface area contributed by atoms with Gasteiger partial charge in [-0.1, -0.05) is 42.0 Å². The number of hydrogen-bond acceptors (Lipinski definition) is 3. The van der Waals surface area contributed by atoms with Gasteiger partial charge in [0.1, 0.15) is 5.75 Å². The predicted octanol–water partition coefficient (Wildman–Crippen LogP) is 4.91. The Kier molecular flexibility index (Phi) is 5.49. The fourth-order valence-corrected chi connectivity index (χ4v) is 4.61. The van der Waals surface area contributed by atoms with Gasteiger partial charge < -0.3 is 10.1 Å². The summed E-state index contributed by atoms with van der Waals surface area (Å²) in [4.78, 5) is 14.1. The van der Waals surface area contributed by atoms with Gasteiger partial charge in [-0.3, -0.25) is 4.79 Å². The van der Waals surface area contributed by atoms with Crippen LogP contribution in [0, 0.1) is 12.8 Å². The zero-order valence-corrected chi connectivity index (χ0v) is 17.2. The number of nitrogens with one attached hydrogen (secondary N) is 1. The van der Waals surface area contributed by atoms with E-state index in [-0.39, 0.29) is 17.7 Å². The Hall–Kier alpha value is -2.92. The third-order valence-electron chi connectivity index (χ3n) is 5.25. The molecule has 1 saturated carbocycles. The van der Waals surface area contributed by atoms with Crippen LogP contribution in [0.25, 0.3) is 0 Å². The summed E-state index contributed by atoms with van der Waals surface area (Å²) in [5.74, 6) is 0.932. The van der Waals surface area contributed by atoms with Crippen molar-refractivity contribution in [3.63, 3.8) is 0 Å². The first-order valence-electron chi connectivity index (χ1n) is 9.59. The molecule has 4 nitrogen and oxygen atoms in total. The Morgan fingerprint density at radius 2 is 1.69 bits per heavy atom. The van der Waals surface area contributed by atoms with Crippen LogP contribution in [0.4, 0.5) is 5.69 Å². The lowest BCUT2D eigenvalue weighted by molar-refractivity contribution is -0.117. The van der Waals surface area contributed by atoms with Crippen LogP contribution in [0.2, 0.25) is 0 Å². The minimum absolute atomic E-state index is 0.0285. The second kappa shape index (κ2) is 8.21. The van der Waals surface area contributed by atoms with Gasteiger partial charge in [0.05, 0.1) is 28.5 Å². The van der Waals surface area contributed by atoms with E-state index in [4.69, 9.17) is 4.74 Å². The zero-order valence-electron chi connectivity index (χ0n) is 16.4. The molecule has 0 aliphatic heterocycles. The van der Waals surface area contributed by atoms with E-state index in [2.05, 4.69) is 5.32 Å². The molecule has 1 amide bonds. The van der Waals surface area contributed by atoms with E-state index in [1.165, 1.54) is 0 Å². The summed E-state index contributed by atoms with van der Waals surface area (Å²) in [6.45, 7) is 2.00. The smallest absolute Gasteiger partial charge is 0.228 e. The fraction of sp³-hybridized carbons (Fsp3) is 0.208. The molecule has 0 radical (unpaired) electrons. The SMILES string of the molecule is COc1ccc([C@H]2C[C@H]2C(=O)Nc2ccccc2S(=O)c2ccc(C)cc2)cc1. The maximum absolute atomic E-state index is 13.0. The second-order valence-electron chi connectivity index (χ2n) is 7.29. The highest BCUT2D eigenvalue weighted by Crippen LogP contribution is 2.48. The molecule has 1 unspecified atom stereocenters. The first-order valence-corrected chi connectivity index (χ1v) is 10.7. The second-order valence-corrected chi connectivity index (χ2v) is 8.74. The molecule has 0 saturated heterocycles. The average molecular weight is 406 g/mol. The number of anilines is 1. The molecule has 5 heteroatoms. The molecule has 0 spiro atoms. The number of para-hydroxylation sites is 1. The number of methoxy groups -OCH3 is 1. The molecule has 3 atom stereocenters. The summed E-state index contributed by atoms with van der Waals surface area (Å²) in [6, 6.07) is 22.8. The van der Waals surface area contributed by atoms with Crippen molar-refractivity contribution in [2.45, 2.75) is 29.1 Å². The summed E-state index contributed by atoms with van der Waals surface area (Å²) < 4.78 is 18.2. The van der Waals surface area contributed by atoms with E-state index in [1.807, 2.05) is 73.7 Å². The van der Waals surface area contributed by atoms with Crippen molar-refractivity contribution in [3.8, 4) is 5.75 Å². The minimum atomic E-state index is -1.35. The van der Waals surface area contributed by atoms with Crippen molar-refractivity contribution in [3.05, 3.63) is 83.9 Å². The highest BCUT2D eigenvalue weighted by atomic mass is 32.2. The van der Waals surface area contributed by atoms with Gasteiger partial charge in [-0.25, -0.2) is 4.21 Å². The lowest BCUT2D eigenvalue weighted by Crippen LogP contribution is -2.16. The van der Waals surface area contributed by atoms with Crippen LogP contribution in [0.5, 0.6) is 5.75 Å². The number of rotatable bonds is 6. The van der Waals surface area contributed by atoms with E-state index in [9.17, 15) is 9.00 Å². The molecule has 0 heterocycles. The lowest BCUT2D eigenvalue weighted by atomic mass is 10.1. The number of hydrogen-bond donors (Lipinski definition) is 1. The van der Waals surface area contributed by atoms with Crippen molar-refractivity contribution in [1.82, 2.24) is 0 Å². The van der Waals surface area contributed by atoms with E-state index >= 15 is 0 Å². The summed E-state index contributed by atoms with van der Waals surface area (Å²) in [5, 5.41) is 3.00. The summed E-state index contributed by atoms with van der Waals surface area (Å²) in [6.07, 6.45) is 0.821. The Morgan fingerprint density at radius 1 is 1.00 bits per heavy atom. The summed E-state index contributed by atoms with van der Waals surface area (Å²) >= 11 is 0. The Balaban J connectivity index is 1.48. The number of ether oxygens (including phenoxy) is 1. The van der Waals surface area contributed by atoms with E-state index in [0.29, 0.717) is 10.6 Å². The summed E-state index contributed by atoms with van der Waals surface area (Å²) in [7, 11) is 0.286. The molecule has 1 N–H and O–H groups in total. The molecule has 3 aromatic carbocycles. The standard InChI is InChI=1S/C24H23NO3S/c1-16-7-13-19(14-8-16)29(27)23-6-4-3-5-22(23)25-24(26)21-15-20(21)17-9-11-18(28-2)12-10-17/h3-14,20-21H,15H2,1-2H3,(H,25,26)/t20-,21-,29?/m1/s1. The molecular formula is C24H23NO3S. The number of carbonyl (C=O) groups is 1. The van der Waals surface area contributed by atoms with E-state index in [0.717, 1.165) is 28.2 Å². The Morgan fingerprint density at radius 3 is 2.38 bits per heavy atom. The van der Waals surface area contributed by atoms with Gasteiger partial charge in [-0.05, 0) is 61.2 Å². The van der Waals surface area contributed by atoms with Crippen molar-refractivity contribution < 1.29 is 13.7 Å². The number of benzene rings is 3. The highest BCUT2D eigenvalue weighted by molar-refractivity contribution is 7.85.